The number of halogens is 1. The van der Waals surface area contributed by atoms with Gasteiger partial charge in [0.25, 0.3) is 5.91 Å². The lowest BCUT2D eigenvalue weighted by molar-refractivity contribution is 0.0948. The first-order valence-corrected chi connectivity index (χ1v) is 7.91. The SMILES string of the molecule is CC(C)c1c(C(=O)NCc2ncn[nH]2)cnn1-c1ccccc1Cl. The third-order valence-electron chi connectivity index (χ3n) is 3.56. The molecular formula is C16H17ClN6O. The van der Waals surface area contributed by atoms with E-state index in [-0.39, 0.29) is 18.4 Å². The van der Waals surface area contributed by atoms with Crippen LogP contribution >= 0.6 is 11.6 Å². The maximum Gasteiger partial charge on any atom is 0.255 e. The Morgan fingerprint density at radius 1 is 1.38 bits per heavy atom. The summed E-state index contributed by atoms with van der Waals surface area (Å²) in [6.07, 6.45) is 2.96. The molecule has 0 aliphatic heterocycles. The molecule has 0 aliphatic rings. The summed E-state index contributed by atoms with van der Waals surface area (Å²) in [5.41, 5.74) is 2.07. The first-order chi connectivity index (χ1) is 11.6. The Labute approximate surface area is 144 Å². The molecule has 7 nitrogen and oxygen atoms in total. The molecule has 0 spiro atoms. The molecule has 2 heterocycles. The van der Waals surface area contributed by atoms with Gasteiger partial charge in [0.15, 0.2) is 0 Å². The van der Waals surface area contributed by atoms with E-state index in [4.69, 9.17) is 11.6 Å². The van der Waals surface area contributed by atoms with Gasteiger partial charge in [0.1, 0.15) is 12.2 Å². The van der Waals surface area contributed by atoms with E-state index in [1.165, 1.54) is 6.33 Å². The fourth-order valence-electron chi connectivity index (χ4n) is 2.48. The fraction of sp³-hybridized carbons (Fsp3) is 0.250. The molecule has 0 atom stereocenters. The molecule has 24 heavy (non-hydrogen) atoms. The van der Waals surface area contributed by atoms with E-state index >= 15 is 0 Å². The van der Waals surface area contributed by atoms with E-state index in [1.807, 2.05) is 32.0 Å². The average molecular weight is 345 g/mol. The molecule has 0 radical (unpaired) electrons. The van der Waals surface area contributed by atoms with Gasteiger partial charge in [0, 0.05) is 0 Å². The molecule has 3 aromatic rings. The van der Waals surface area contributed by atoms with Gasteiger partial charge in [-0.2, -0.15) is 10.2 Å². The molecule has 0 saturated heterocycles. The summed E-state index contributed by atoms with van der Waals surface area (Å²) in [4.78, 5) is 16.5. The van der Waals surface area contributed by atoms with Crippen LogP contribution in [0.2, 0.25) is 5.02 Å². The van der Waals surface area contributed by atoms with Crippen LogP contribution in [-0.2, 0) is 6.54 Å². The molecule has 0 bridgehead atoms. The van der Waals surface area contributed by atoms with Crippen molar-refractivity contribution in [3.05, 3.63) is 58.9 Å². The van der Waals surface area contributed by atoms with Gasteiger partial charge in [-0.1, -0.05) is 37.6 Å². The largest absolute Gasteiger partial charge is 0.345 e. The second-order valence-electron chi connectivity index (χ2n) is 5.58. The smallest absolute Gasteiger partial charge is 0.255 e. The van der Waals surface area contributed by atoms with Crippen molar-refractivity contribution in [2.24, 2.45) is 0 Å². The van der Waals surface area contributed by atoms with Crippen molar-refractivity contribution in [1.29, 1.82) is 0 Å². The van der Waals surface area contributed by atoms with E-state index < -0.39 is 0 Å². The van der Waals surface area contributed by atoms with E-state index in [9.17, 15) is 4.79 Å². The topological polar surface area (TPSA) is 88.5 Å². The number of aromatic nitrogens is 5. The number of H-pyrrole nitrogens is 1. The Bertz CT molecular complexity index is 840. The summed E-state index contributed by atoms with van der Waals surface area (Å²) in [7, 11) is 0. The average Bonchev–Trinajstić information content (AvgIpc) is 3.22. The number of benzene rings is 1. The summed E-state index contributed by atoms with van der Waals surface area (Å²) in [6.45, 7) is 4.29. The number of carbonyl (C=O) groups is 1. The van der Waals surface area contributed by atoms with Crippen molar-refractivity contribution < 1.29 is 4.79 Å². The zero-order valence-electron chi connectivity index (χ0n) is 13.3. The summed E-state index contributed by atoms with van der Waals surface area (Å²) in [5, 5.41) is 14.2. The lowest BCUT2D eigenvalue weighted by Gasteiger charge is -2.13. The Morgan fingerprint density at radius 2 is 2.17 bits per heavy atom. The normalized spacial score (nSPS) is 11.0. The van der Waals surface area contributed by atoms with Crippen LogP contribution in [0.1, 0.15) is 41.6 Å². The van der Waals surface area contributed by atoms with Crippen LogP contribution in [0.15, 0.2) is 36.8 Å². The lowest BCUT2D eigenvalue weighted by Crippen LogP contribution is -2.24. The van der Waals surface area contributed by atoms with E-state index in [1.54, 1.807) is 16.9 Å². The summed E-state index contributed by atoms with van der Waals surface area (Å²) in [5.74, 6) is 0.469. The zero-order valence-corrected chi connectivity index (χ0v) is 14.1. The Balaban J connectivity index is 1.91. The second kappa shape index (κ2) is 6.84. The number of nitrogens with zero attached hydrogens (tertiary/aromatic N) is 4. The first kappa shape index (κ1) is 16.2. The standard InChI is InChI=1S/C16H17ClN6O/c1-10(2)15-11(16(24)18-8-14-19-9-20-22-14)7-21-23(15)13-6-4-3-5-12(13)17/h3-7,9-10H,8H2,1-2H3,(H,18,24)(H,19,20,22). The van der Waals surface area contributed by atoms with Crippen LogP contribution in [0.4, 0.5) is 0 Å². The number of hydrogen-bond donors (Lipinski definition) is 2. The van der Waals surface area contributed by atoms with Crippen LogP contribution in [0.25, 0.3) is 5.69 Å². The van der Waals surface area contributed by atoms with Crippen LogP contribution in [-0.4, -0.2) is 30.9 Å². The van der Waals surface area contributed by atoms with Gasteiger partial charge in [-0.25, -0.2) is 9.67 Å². The van der Waals surface area contributed by atoms with Gasteiger partial charge < -0.3 is 5.32 Å². The van der Waals surface area contributed by atoms with Crippen molar-refractivity contribution in [2.45, 2.75) is 26.3 Å². The fourth-order valence-corrected chi connectivity index (χ4v) is 2.69. The van der Waals surface area contributed by atoms with Gasteiger partial charge in [-0.05, 0) is 18.1 Å². The third kappa shape index (κ3) is 3.16. The minimum absolute atomic E-state index is 0.0924. The predicted molar refractivity (Wildman–Crippen MR) is 90.2 cm³/mol. The molecule has 1 amide bonds. The van der Waals surface area contributed by atoms with Crippen LogP contribution in [0.5, 0.6) is 0 Å². The van der Waals surface area contributed by atoms with Crippen molar-refractivity contribution in [2.75, 3.05) is 0 Å². The quantitative estimate of drug-likeness (QED) is 0.744. The minimum atomic E-state index is -0.214. The molecule has 0 aliphatic carbocycles. The van der Waals surface area contributed by atoms with Gasteiger partial charge in [0.2, 0.25) is 0 Å². The van der Waals surface area contributed by atoms with Crippen LogP contribution in [0.3, 0.4) is 0 Å². The molecule has 124 valence electrons. The van der Waals surface area contributed by atoms with Crippen molar-refractivity contribution >= 4 is 17.5 Å². The second-order valence-corrected chi connectivity index (χ2v) is 5.98. The monoisotopic (exact) mass is 344 g/mol. The summed E-state index contributed by atoms with van der Waals surface area (Å²) < 4.78 is 1.72. The molecule has 2 aromatic heterocycles. The lowest BCUT2D eigenvalue weighted by atomic mass is 10.1. The van der Waals surface area contributed by atoms with E-state index in [2.05, 4.69) is 25.6 Å². The number of aromatic amines is 1. The molecule has 0 fully saturated rings. The Hall–Kier alpha value is -2.67. The number of para-hydroxylation sites is 1. The summed E-state index contributed by atoms with van der Waals surface area (Å²) >= 11 is 6.27. The molecule has 2 N–H and O–H groups in total. The van der Waals surface area contributed by atoms with Crippen LogP contribution in [0, 0.1) is 0 Å². The third-order valence-corrected chi connectivity index (χ3v) is 3.88. The zero-order chi connectivity index (χ0) is 17.1. The highest BCUT2D eigenvalue weighted by Gasteiger charge is 2.21. The van der Waals surface area contributed by atoms with Crippen LogP contribution < -0.4 is 5.32 Å². The maximum atomic E-state index is 12.5. The number of rotatable bonds is 5. The number of hydrogen-bond acceptors (Lipinski definition) is 4. The molecular weight excluding hydrogens is 328 g/mol. The maximum absolute atomic E-state index is 12.5. The van der Waals surface area contributed by atoms with Crippen molar-refractivity contribution in [1.82, 2.24) is 30.3 Å². The molecule has 3 rings (SSSR count). The van der Waals surface area contributed by atoms with E-state index in [0.29, 0.717) is 16.4 Å². The van der Waals surface area contributed by atoms with Crippen molar-refractivity contribution in [3.8, 4) is 5.69 Å². The Morgan fingerprint density at radius 3 is 2.83 bits per heavy atom. The number of amides is 1. The molecule has 8 heteroatoms. The van der Waals surface area contributed by atoms with E-state index in [0.717, 1.165) is 11.4 Å². The van der Waals surface area contributed by atoms with Gasteiger partial charge >= 0.3 is 0 Å². The first-order valence-electron chi connectivity index (χ1n) is 7.53. The molecule has 0 saturated carbocycles. The van der Waals surface area contributed by atoms with Crippen molar-refractivity contribution in [3.63, 3.8) is 0 Å². The molecule has 1 aromatic carbocycles. The summed E-state index contributed by atoms with van der Waals surface area (Å²) in [6, 6.07) is 7.41. The minimum Gasteiger partial charge on any atom is -0.345 e. The predicted octanol–water partition coefficient (Wildman–Crippen LogP) is 2.70. The van der Waals surface area contributed by atoms with Gasteiger partial charge in [-0.3, -0.25) is 9.89 Å². The number of nitrogens with one attached hydrogen (secondary N) is 2. The highest BCUT2D eigenvalue weighted by Crippen LogP contribution is 2.27. The highest BCUT2D eigenvalue weighted by molar-refractivity contribution is 6.32. The van der Waals surface area contributed by atoms with Gasteiger partial charge in [-0.15, -0.1) is 0 Å². The Kier molecular flexibility index (Phi) is 4.61. The molecule has 0 unspecified atom stereocenters. The number of carbonyl (C=O) groups excluding carboxylic acids is 1. The highest BCUT2D eigenvalue weighted by atomic mass is 35.5. The van der Waals surface area contributed by atoms with Gasteiger partial charge in [0.05, 0.1) is 34.7 Å².